The summed E-state index contributed by atoms with van der Waals surface area (Å²) < 4.78 is 13.4. The molecule has 0 bridgehead atoms. The number of methoxy groups -OCH3 is 1. The van der Waals surface area contributed by atoms with Gasteiger partial charge >= 0.3 is 0 Å². The van der Waals surface area contributed by atoms with Gasteiger partial charge in [-0.3, -0.25) is 4.79 Å². The zero-order chi connectivity index (χ0) is 24.2. The molecule has 1 aliphatic rings. The van der Waals surface area contributed by atoms with Gasteiger partial charge in [0.2, 0.25) is 5.91 Å². The lowest BCUT2D eigenvalue weighted by Crippen LogP contribution is -2.24. The zero-order valence-electron chi connectivity index (χ0n) is 20.3. The van der Waals surface area contributed by atoms with Crippen LogP contribution in [0.15, 0.2) is 72.8 Å². The number of aromatic nitrogens is 2. The third-order valence-corrected chi connectivity index (χ3v) is 6.68. The van der Waals surface area contributed by atoms with Crippen LogP contribution in [0.4, 0.5) is 5.69 Å². The van der Waals surface area contributed by atoms with E-state index in [9.17, 15) is 4.79 Å². The molecule has 0 N–H and O–H groups in total. The number of hydrogen-bond donors (Lipinski definition) is 0. The molecule has 2 heterocycles. The first-order valence-electron chi connectivity index (χ1n) is 12.3. The molecule has 3 aromatic carbocycles. The van der Waals surface area contributed by atoms with Gasteiger partial charge < -0.3 is 18.9 Å². The Bertz CT molecular complexity index is 1300. The number of ether oxygens (including phenoxy) is 2. The van der Waals surface area contributed by atoms with Gasteiger partial charge in [0.1, 0.15) is 17.3 Å². The van der Waals surface area contributed by atoms with Crippen molar-refractivity contribution in [3.05, 3.63) is 84.2 Å². The zero-order valence-corrected chi connectivity index (χ0v) is 20.3. The van der Waals surface area contributed by atoms with E-state index in [2.05, 4.69) is 41.8 Å². The predicted molar refractivity (Wildman–Crippen MR) is 138 cm³/mol. The van der Waals surface area contributed by atoms with Crippen LogP contribution in [0.2, 0.25) is 0 Å². The predicted octanol–water partition coefficient (Wildman–Crippen LogP) is 5.60. The summed E-state index contributed by atoms with van der Waals surface area (Å²) in [7, 11) is 1.65. The molecule has 1 aliphatic heterocycles. The summed E-state index contributed by atoms with van der Waals surface area (Å²) in [5.74, 6) is 2.83. The van der Waals surface area contributed by atoms with Gasteiger partial charge in [-0.15, -0.1) is 0 Å². The Kier molecular flexibility index (Phi) is 6.70. The highest BCUT2D eigenvalue weighted by Crippen LogP contribution is 2.33. The van der Waals surface area contributed by atoms with Gasteiger partial charge in [-0.25, -0.2) is 4.98 Å². The molecule has 1 amide bonds. The van der Waals surface area contributed by atoms with Crippen molar-refractivity contribution in [2.45, 2.75) is 38.6 Å². The lowest BCUT2D eigenvalue weighted by atomic mass is 10.1. The third kappa shape index (κ3) is 4.87. The molecule has 35 heavy (non-hydrogen) atoms. The molecular weight excluding hydrogens is 438 g/mol. The van der Waals surface area contributed by atoms with Crippen molar-refractivity contribution in [2.75, 3.05) is 25.2 Å². The second kappa shape index (κ2) is 10.2. The highest BCUT2D eigenvalue weighted by atomic mass is 16.5. The van der Waals surface area contributed by atoms with Gasteiger partial charge in [0.15, 0.2) is 0 Å². The first kappa shape index (κ1) is 23.0. The van der Waals surface area contributed by atoms with Crippen molar-refractivity contribution in [3.63, 3.8) is 0 Å². The Morgan fingerprint density at radius 1 is 0.971 bits per heavy atom. The van der Waals surface area contributed by atoms with Gasteiger partial charge in [0.25, 0.3) is 0 Å². The molecule has 0 aliphatic carbocycles. The number of carbonyl (C=O) groups excluding carboxylic acids is 1. The molecule has 1 unspecified atom stereocenters. The molecule has 0 spiro atoms. The van der Waals surface area contributed by atoms with Crippen molar-refractivity contribution in [3.8, 4) is 11.5 Å². The normalized spacial score (nSPS) is 15.7. The minimum atomic E-state index is 0.0586. The van der Waals surface area contributed by atoms with Crippen molar-refractivity contribution in [1.82, 2.24) is 9.55 Å². The molecule has 180 valence electrons. The van der Waals surface area contributed by atoms with Crippen LogP contribution in [0.25, 0.3) is 11.0 Å². The average molecular weight is 470 g/mol. The van der Waals surface area contributed by atoms with E-state index in [1.807, 2.05) is 47.4 Å². The molecule has 5 rings (SSSR count). The number of anilines is 1. The summed E-state index contributed by atoms with van der Waals surface area (Å²) in [5, 5.41) is 0. The smallest absolute Gasteiger partial charge is 0.227 e. The first-order valence-corrected chi connectivity index (χ1v) is 12.3. The molecule has 1 aromatic heterocycles. The number of amides is 1. The lowest BCUT2D eigenvalue weighted by molar-refractivity contribution is -0.117. The summed E-state index contributed by atoms with van der Waals surface area (Å²) in [4.78, 5) is 19.8. The molecule has 0 radical (unpaired) electrons. The van der Waals surface area contributed by atoms with Crippen LogP contribution in [0.5, 0.6) is 11.5 Å². The summed E-state index contributed by atoms with van der Waals surface area (Å²) >= 11 is 0. The summed E-state index contributed by atoms with van der Waals surface area (Å²) in [5.41, 5.74) is 4.31. The van der Waals surface area contributed by atoms with Gasteiger partial charge in [-0.2, -0.15) is 0 Å². The molecule has 6 nitrogen and oxygen atoms in total. The minimum absolute atomic E-state index is 0.0586. The number of carbonyl (C=O) groups is 1. The fourth-order valence-corrected chi connectivity index (χ4v) is 4.77. The number of hydrogen-bond acceptors (Lipinski definition) is 4. The van der Waals surface area contributed by atoms with Crippen LogP contribution >= 0.6 is 0 Å². The first-order chi connectivity index (χ1) is 17.2. The fourth-order valence-electron chi connectivity index (χ4n) is 4.77. The molecule has 0 saturated carbocycles. The largest absolute Gasteiger partial charge is 0.497 e. The molecule has 1 atom stereocenters. The highest BCUT2D eigenvalue weighted by Gasteiger charge is 2.34. The number of aryl methyl sites for hydroxylation is 2. The van der Waals surface area contributed by atoms with E-state index < -0.39 is 0 Å². The van der Waals surface area contributed by atoms with Gasteiger partial charge in [-0.1, -0.05) is 31.2 Å². The Labute approximate surface area is 206 Å². The van der Waals surface area contributed by atoms with Crippen LogP contribution < -0.4 is 14.4 Å². The number of benzene rings is 3. The lowest BCUT2D eigenvalue weighted by Gasteiger charge is -2.18. The molecule has 6 heteroatoms. The van der Waals surface area contributed by atoms with Gasteiger partial charge in [-0.05, 0) is 66.9 Å². The standard InChI is InChI=1S/C29H31N3O3/c1-3-21-9-11-23(12-10-21)32-20-22(19-28(32)33)29-30-26-7-4-5-8-27(26)31(29)17-6-18-35-25-15-13-24(34-2)14-16-25/h4-5,7-16,22H,3,6,17-20H2,1-2H3. The highest BCUT2D eigenvalue weighted by molar-refractivity contribution is 5.96. The minimum Gasteiger partial charge on any atom is -0.497 e. The number of fused-ring (bicyclic) bond motifs is 1. The van der Waals surface area contributed by atoms with E-state index in [-0.39, 0.29) is 11.8 Å². The summed E-state index contributed by atoms with van der Waals surface area (Å²) in [6, 6.07) is 24.2. The molecule has 1 saturated heterocycles. The topological polar surface area (TPSA) is 56.6 Å². The quantitative estimate of drug-likeness (QED) is 0.300. The Hall–Kier alpha value is -3.80. The van der Waals surface area contributed by atoms with E-state index >= 15 is 0 Å². The monoisotopic (exact) mass is 469 g/mol. The number of nitrogens with zero attached hydrogens (tertiary/aromatic N) is 3. The second-order valence-electron chi connectivity index (χ2n) is 8.91. The number of rotatable bonds is 9. The van der Waals surface area contributed by atoms with E-state index in [0.29, 0.717) is 19.6 Å². The van der Waals surface area contributed by atoms with Crippen molar-refractivity contribution >= 4 is 22.6 Å². The Morgan fingerprint density at radius 2 is 1.71 bits per heavy atom. The van der Waals surface area contributed by atoms with E-state index in [4.69, 9.17) is 14.5 Å². The van der Waals surface area contributed by atoms with Crippen molar-refractivity contribution in [2.24, 2.45) is 0 Å². The SMILES string of the molecule is CCc1ccc(N2CC(c3nc4ccccc4n3CCCOc3ccc(OC)cc3)CC2=O)cc1. The maximum absolute atomic E-state index is 13.0. The maximum atomic E-state index is 13.0. The van der Waals surface area contributed by atoms with Crippen LogP contribution in [-0.4, -0.2) is 35.7 Å². The second-order valence-corrected chi connectivity index (χ2v) is 8.91. The van der Waals surface area contributed by atoms with Crippen molar-refractivity contribution < 1.29 is 14.3 Å². The average Bonchev–Trinajstić information content (AvgIpc) is 3.47. The van der Waals surface area contributed by atoms with Crippen LogP contribution in [-0.2, 0) is 17.8 Å². The van der Waals surface area contributed by atoms with Gasteiger partial charge in [0.05, 0.1) is 24.8 Å². The van der Waals surface area contributed by atoms with E-state index in [1.165, 1.54) is 5.56 Å². The van der Waals surface area contributed by atoms with E-state index in [1.54, 1.807) is 7.11 Å². The van der Waals surface area contributed by atoms with E-state index in [0.717, 1.165) is 53.4 Å². The van der Waals surface area contributed by atoms with Gasteiger partial charge in [0, 0.05) is 31.1 Å². The maximum Gasteiger partial charge on any atom is 0.227 e. The third-order valence-electron chi connectivity index (χ3n) is 6.68. The van der Waals surface area contributed by atoms with Crippen LogP contribution in [0.1, 0.15) is 37.1 Å². The number of para-hydroxylation sites is 2. The van der Waals surface area contributed by atoms with Crippen LogP contribution in [0, 0.1) is 0 Å². The fraction of sp³-hybridized carbons (Fsp3) is 0.310. The van der Waals surface area contributed by atoms with Crippen LogP contribution in [0.3, 0.4) is 0 Å². The number of imidazole rings is 1. The summed E-state index contributed by atoms with van der Waals surface area (Å²) in [6.45, 7) is 4.16. The van der Waals surface area contributed by atoms with Crippen molar-refractivity contribution in [1.29, 1.82) is 0 Å². The Morgan fingerprint density at radius 3 is 2.46 bits per heavy atom. The molecule has 4 aromatic rings. The Balaban J connectivity index is 1.31. The summed E-state index contributed by atoms with van der Waals surface area (Å²) in [6.07, 6.45) is 2.30. The molecule has 1 fully saturated rings. The molecular formula is C29H31N3O3.